The summed E-state index contributed by atoms with van der Waals surface area (Å²) in [6.45, 7) is 6.30. The first-order chi connectivity index (χ1) is 8.28. The first kappa shape index (κ1) is 12.4. The summed E-state index contributed by atoms with van der Waals surface area (Å²) in [5, 5.41) is 6.53. The monoisotopic (exact) mass is 234 g/mol. The van der Waals surface area contributed by atoms with Crippen molar-refractivity contribution in [1.29, 1.82) is 0 Å². The molecule has 4 heteroatoms. The van der Waals surface area contributed by atoms with Gasteiger partial charge in [0.2, 0.25) is 0 Å². The second-order valence-corrected chi connectivity index (χ2v) is 4.64. The van der Waals surface area contributed by atoms with Crippen LogP contribution in [-0.2, 0) is 13.1 Å². The van der Waals surface area contributed by atoms with Gasteiger partial charge in [-0.25, -0.2) is 0 Å². The Morgan fingerprint density at radius 3 is 2.65 bits per heavy atom. The number of benzene rings is 1. The maximum Gasteiger partial charge on any atom is 0.0320 e. The van der Waals surface area contributed by atoms with Crippen molar-refractivity contribution in [2.24, 2.45) is 0 Å². The summed E-state index contributed by atoms with van der Waals surface area (Å²) in [6.07, 6.45) is 0. The van der Waals surface area contributed by atoms with Gasteiger partial charge in [-0.15, -0.1) is 0 Å². The summed E-state index contributed by atoms with van der Waals surface area (Å²) in [6, 6.07) is 6.37. The number of hydrogen-bond acceptors (Lipinski definition) is 4. The quantitative estimate of drug-likeness (QED) is 0.660. The summed E-state index contributed by atoms with van der Waals surface area (Å²) in [4.78, 5) is 2.47. The lowest BCUT2D eigenvalue weighted by Crippen LogP contribution is -2.42. The van der Waals surface area contributed by atoms with E-state index in [0.29, 0.717) is 0 Å². The third-order valence-electron chi connectivity index (χ3n) is 3.07. The fourth-order valence-corrected chi connectivity index (χ4v) is 2.32. The predicted molar refractivity (Wildman–Crippen MR) is 71.8 cm³/mol. The van der Waals surface area contributed by atoms with Gasteiger partial charge in [-0.05, 0) is 30.3 Å². The number of hydrogen-bond donors (Lipinski definition) is 3. The van der Waals surface area contributed by atoms with E-state index in [-0.39, 0.29) is 0 Å². The molecule has 0 aromatic heterocycles. The molecule has 17 heavy (non-hydrogen) atoms. The summed E-state index contributed by atoms with van der Waals surface area (Å²) in [7, 11) is 1.96. The van der Waals surface area contributed by atoms with Crippen LogP contribution < -0.4 is 16.4 Å². The normalized spacial score (nSPS) is 17.2. The highest BCUT2D eigenvalue weighted by Crippen LogP contribution is 2.14. The largest absolute Gasteiger partial charge is 0.399 e. The van der Waals surface area contributed by atoms with Gasteiger partial charge in [-0.3, -0.25) is 4.90 Å². The molecule has 0 unspecified atom stereocenters. The van der Waals surface area contributed by atoms with Crippen molar-refractivity contribution < 1.29 is 0 Å². The van der Waals surface area contributed by atoms with Crippen LogP contribution in [0.2, 0.25) is 0 Å². The summed E-state index contributed by atoms with van der Waals surface area (Å²) in [5.74, 6) is 0. The van der Waals surface area contributed by atoms with E-state index < -0.39 is 0 Å². The van der Waals surface area contributed by atoms with Crippen LogP contribution in [-0.4, -0.2) is 38.1 Å². The zero-order valence-electron chi connectivity index (χ0n) is 10.5. The highest BCUT2D eigenvalue weighted by atomic mass is 15.2. The zero-order chi connectivity index (χ0) is 12.1. The van der Waals surface area contributed by atoms with Crippen LogP contribution in [0.25, 0.3) is 0 Å². The lowest BCUT2D eigenvalue weighted by molar-refractivity contribution is 0.233. The van der Waals surface area contributed by atoms with Gasteiger partial charge in [0, 0.05) is 45.0 Å². The molecule has 1 saturated heterocycles. The van der Waals surface area contributed by atoms with Gasteiger partial charge in [-0.1, -0.05) is 6.07 Å². The first-order valence-corrected chi connectivity index (χ1v) is 6.24. The molecule has 1 aromatic carbocycles. The molecule has 0 amide bonds. The fourth-order valence-electron chi connectivity index (χ4n) is 2.32. The molecular weight excluding hydrogens is 212 g/mol. The minimum Gasteiger partial charge on any atom is -0.399 e. The van der Waals surface area contributed by atoms with Gasteiger partial charge < -0.3 is 16.4 Å². The van der Waals surface area contributed by atoms with E-state index in [1.54, 1.807) is 0 Å². The smallest absolute Gasteiger partial charge is 0.0320 e. The number of nitrogen functional groups attached to an aromatic ring is 1. The van der Waals surface area contributed by atoms with Crippen LogP contribution in [0.5, 0.6) is 0 Å². The molecule has 2 rings (SSSR count). The Hall–Kier alpha value is -1.10. The molecule has 0 radical (unpaired) electrons. The Morgan fingerprint density at radius 2 is 1.94 bits per heavy atom. The van der Waals surface area contributed by atoms with Gasteiger partial charge in [0.15, 0.2) is 0 Å². The Labute approximate surface area is 103 Å². The Morgan fingerprint density at radius 1 is 1.24 bits per heavy atom. The van der Waals surface area contributed by atoms with Gasteiger partial charge in [0.25, 0.3) is 0 Å². The van der Waals surface area contributed by atoms with Crippen LogP contribution in [0.15, 0.2) is 18.2 Å². The van der Waals surface area contributed by atoms with E-state index in [2.05, 4.69) is 27.7 Å². The lowest BCUT2D eigenvalue weighted by Gasteiger charge is -2.27. The van der Waals surface area contributed by atoms with Crippen LogP contribution in [0.3, 0.4) is 0 Å². The predicted octanol–water partition coefficient (Wildman–Crippen LogP) is 0.393. The average molecular weight is 234 g/mol. The van der Waals surface area contributed by atoms with Crippen molar-refractivity contribution in [2.45, 2.75) is 13.1 Å². The van der Waals surface area contributed by atoms with Gasteiger partial charge in [-0.2, -0.15) is 0 Å². The molecule has 4 N–H and O–H groups in total. The number of nitrogens with zero attached hydrogens (tertiary/aromatic N) is 1. The summed E-state index contributed by atoms with van der Waals surface area (Å²) >= 11 is 0. The molecule has 4 nitrogen and oxygen atoms in total. The van der Waals surface area contributed by atoms with Crippen molar-refractivity contribution in [2.75, 3.05) is 39.0 Å². The number of nitrogens with one attached hydrogen (secondary N) is 2. The molecule has 1 fully saturated rings. The number of rotatable bonds is 4. The van der Waals surface area contributed by atoms with Gasteiger partial charge in [0.1, 0.15) is 0 Å². The molecular formula is C13H22N4. The SMILES string of the molecule is CNCc1cc(N)cc(CN2CCNCC2)c1. The Kier molecular flexibility index (Phi) is 4.36. The van der Waals surface area contributed by atoms with Crippen molar-refractivity contribution in [1.82, 2.24) is 15.5 Å². The van der Waals surface area contributed by atoms with Crippen LogP contribution in [0.1, 0.15) is 11.1 Å². The molecule has 1 aliphatic rings. The molecule has 0 bridgehead atoms. The second-order valence-electron chi connectivity index (χ2n) is 4.64. The Bertz CT molecular complexity index is 358. The van der Waals surface area contributed by atoms with E-state index in [1.807, 2.05) is 13.1 Å². The summed E-state index contributed by atoms with van der Waals surface area (Å²) in [5.41, 5.74) is 9.38. The molecule has 1 aliphatic heterocycles. The molecule has 0 atom stereocenters. The maximum atomic E-state index is 5.94. The standard InChI is InChI=1S/C13H22N4/c1-15-9-11-6-12(8-13(14)7-11)10-17-4-2-16-3-5-17/h6-8,15-16H,2-5,9-10,14H2,1H3. The molecule has 94 valence electrons. The van der Waals surface area contributed by atoms with Crippen LogP contribution >= 0.6 is 0 Å². The minimum absolute atomic E-state index is 0.864. The van der Waals surface area contributed by atoms with Crippen molar-refractivity contribution in [3.05, 3.63) is 29.3 Å². The lowest BCUT2D eigenvalue weighted by atomic mass is 10.1. The third kappa shape index (κ3) is 3.70. The summed E-state index contributed by atoms with van der Waals surface area (Å²) < 4.78 is 0. The highest BCUT2D eigenvalue weighted by Gasteiger charge is 2.10. The van der Waals surface area contributed by atoms with Crippen molar-refractivity contribution in [3.8, 4) is 0 Å². The van der Waals surface area contributed by atoms with Crippen LogP contribution in [0.4, 0.5) is 5.69 Å². The molecule has 1 aromatic rings. The molecule has 0 aliphatic carbocycles. The van der Waals surface area contributed by atoms with E-state index in [4.69, 9.17) is 5.73 Å². The third-order valence-corrected chi connectivity index (χ3v) is 3.07. The van der Waals surface area contributed by atoms with Gasteiger partial charge >= 0.3 is 0 Å². The molecule has 1 heterocycles. The van der Waals surface area contributed by atoms with Crippen LogP contribution in [0, 0.1) is 0 Å². The van der Waals surface area contributed by atoms with Gasteiger partial charge in [0.05, 0.1) is 0 Å². The Balaban J connectivity index is 2.03. The average Bonchev–Trinajstić information content (AvgIpc) is 2.30. The molecule has 0 saturated carbocycles. The van der Waals surface area contributed by atoms with Crippen molar-refractivity contribution in [3.63, 3.8) is 0 Å². The van der Waals surface area contributed by atoms with E-state index in [1.165, 1.54) is 11.1 Å². The van der Waals surface area contributed by atoms with E-state index in [9.17, 15) is 0 Å². The number of anilines is 1. The highest BCUT2D eigenvalue weighted by molar-refractivity contribution is 5.44. The fraction of sp³-hybridized carbons (Fsp3) is 0.538. The topological polar surface area (TPSA) is 53.3 Å². The second kappa shape index (κ2) is 6.00. The number of piperazine rings is 1. The maximum absolute atomic E-state index is 5.94. The zero-order valence-corrected chi connectivity index (χ0v) is 10.5. The van der Waals surface area contributed by atoms with E-state index in [0.717, 1.165) is 45.0 Å². The number of nitrogens with two attached hydrogens (primary N) is 1. The first-order valence-electron chi connectivity index (χ1n) is 6.24. The van der Waals surface area contributed by atoms with E-state index >= 15 is 0 Å². The molecule has 0 spiro atoms. The minimum atomic E-state index is 0.864. The van der Waals surface area contributed by atoms with Crippen molar-refractivity contribution >= 4 is 5.69 Å².